The van der Waals surface area contributed by atoms with Gasteiger partial charge in [0.2, 0.25) is 15.9 Å². The van der Waals surface area contributed by atoms with Crippen molar-refractivity contribution < 1.29 is 17.9 Å². The number of hydrogen-bond donors (Lipinski definition) is 1. The molecule has 1 unspecified atom stereocenters. The van der Waals surface area contributed by atoms with Crippen molar-refractivity contribution in [3.8, 4) is 5.75 Å². The lowest BCUT2D eigenvalue weighted by Crippen LogP contribution is -2.44. The minimum atomic E-state index is -3.28. The number of nitrogens with one attached hydrogen (secondary N) is 1. The van der Waals surface area contributed by atoms with Crippen molar-refractivity contribution in [2.45, 2.75) is 46.1 Å². The van der Waals surface area contributed by atoms with Gasteiger partial charge in [0.25, 0.3) is 0 Å². The number of benzene rings is 1. The predicted octanol–water partition coefficient (Wildman–Crippen LogP) is 3.52. The maximum atomic E-state index is 12.6. The molecule has 1 aliphatic heterocycles. The number of piperidine rings is 1. The Morgan fingerprint density at radius 1 is 1.42 bits per heavy atom. The maximum Gasteiger partial charge on any atom is 0.228 e. The normalized spacial score (nSPS) is 18.7. The van der Waals surface area contributed by atoms with E-state index in [1.54, 1.807) is 18.2 Å². The summed E-state index contributed by atoms with van der Waals surface area (Å²) < 4.78 is 31.5. The van der Waals surface area contributed by atoms with Crippen LogP contribution in [-0.4, -0.2) is 43.6 Å². The molecule has 1 atom stereocenters. The van der Waals surface area contributed by atoms with Gasteiger partial charge in [0, 0.05) is 18.8 Å². The molecule has 0 bridgehead atoms. The van der Waals surface area contributed by atoms with Crippen LogP contribution in [0.4, 0.5) is 5.69 Å². The van der Waals surface area contributed by atoms with Gasteiger partial charge in [-0.25, -0.2) is 12.7 Å². The van der Waals surface area contributed by atoms with Gasteiger partial charge < -0.3 is 10.1 Å². The number of halogens is 1. The highest BCUT2D eigenvalue weighted by molar-refractivity contribution is 7.89. The molecular weight excluding hydrogens is 376 g/mol. The molecule has 0 aliphatic carbocycles. The predicted molar refractivity (Wildman–Crippen MR) is 104 cm³/mol. The van der Waals surface area contributed by atoms with E-state index >= 15 is 0 Å². The number of ether oxygens (including phenoxy) is 1. The van der Waals surface area contributed by atoms with Gasteiger partial charge in [-0.2, -0.15) is 0 Å². The number of carbonyl (C=O) groups excluding carboxylic acids is 1. The summed E-state index contributed by atoms with van der Waals surface area (Å²) in [5.74, 6) is 0.138. The van der Waals surface area contributed by atoms with Crippen LogP contribution >= 0.6 is 11.6 Å². The SMILES string of the molecule is CCCS(=O)(=O)N1CCCC(C(=O)Nc2ccc(OC(C)C)c(Cl)c2)C1. The second-order valence-electron chi connectivity index (χ2n) is 6.81. The van der Waals surface area contributed by atoms with E-state index in [1.165, 1.54) is 4.31 Å². The standard InChI is InChI=1S/C18H27ClN2O4S/c1-4-10-26(23,24)21-9-5-6-14(12-21)18(22)20-15-7-8-17(16(19)11-15)25-13(2)3/h7-8,11,13-14H,4-6,9-10,12H2,1-3H3,(H,20,22). The molecule has 1 saturated heterocycles. The second-order valence-corrected chi connectivity index (χ2v) is 9.31. The van der Waals surface area contributed by atoms with Crippen LogP contribution in [-0.2, 0) is 14.8 Å². The van der Waals surface area contributed by atoms with Crippen LogP contribution < -0.4 is 10.1 Å². The van der Waals surface area contributed by atoms with E-state index in [-0.39, 0.29) is 30.2 Å². The summed E-state index contributed by atoms with van der Waals surface area (Å²) in [5, 5.41) is 3.26. The van der Waals surface area contributed by atoms with E-state index in [4.69, 9.17) is 16.3 Å². The summed E-state index contributed by atoms with van der Waals surface area (Å²) in [4.78, 5) is 12.6. The van der Waals surface area contributed by atoms with Crippen LogP contribution in [0.5, 0.6) is 5.75 Å². The third-order valence-corrected chi connectivity index (χ3v) is 6.51. The summed E-state index contributed by atoms with van der Waals surface area (Å²) >= 11 is 6.20. The Labute approximate surface area is 160 Å². The molecule has 0 saturated carbocycles. The molecule has 146 valence electrons. The Morgan fingerprint density at radius 2 is 2.15 bits per heavy atom. The van der Waals surface area contributed by atoms with Crippen molar-refractivity contribution in [2.75, 3.05) is 24.2 Å². The van der Waals surface area contributed by atoms with E-state index in [2.05, 4.69) is 5.32 Å². The van der Waals surface area contributed by atoms with E-state index in [9.17, 15) is 13.2 Å². The van der Waals surface area contributed by atoms with Crippen LogP contribution in [0, 0.1) is 5.92 Å². The lowest BCUT2D eigenvalue weighted by atomic mass is 9.98. The smallest absolute Gasteiger partial charge is 0.228 e. The number of carbonyl (C=O) groups is 1. The van der Waals surface area contributed by atoms with Gasteiger partial charge in [-0.05, 0) is 51.3 Å². The van der Waals surface area contributed by atoms with Crippen molar-refractivity contribution in [1.29, 1.82) is 0 Å². The third-order valence-electron chi connectivity index (χ3n) is 4.17. The Morgan fingerprint density at radius 3 is 2.77 bits per heavy atom. The number of anilines is 1. The first-order valence-corrected chi connectivity index (χ1v) is 11.0. The largest absolute Gasteiger partial charge is 0.489 e. The van der Waals surface area contributed by atoms with Crippen molar-refractivity contribution in [3.05, 3.63) is 23.2 Å². The van der Waals surface area contributed by atoms with Crippen molar-refractivity contribution in [2.24, 2.45) is 5.92 Å². The number of nitrogens with zero attached hydrogens (tertiary/aromatic N) is 1. The van der Waals surface area contributed by atoms with Crippen LogP contribution in [0.25, 0.3) is 0 Å². The number of amides is 1. The first-order chi connectivity index (χ1) is 12.2. The van der Waals surface area contributed by atoms with Crippen LogP contribution in [0.2, 0.25) is 5.02 Å². The highest BCUT2D eigenvalue weighted by Crippen LogP contribution is 2.29. The van der Waals surface area contributed by atoms with E-state index in [1.807, 2.05) is 20.8 Å². The molecule has 0 radical (unpaired) electrons. The zero-order valence-electron chi connectivity index (χ0n) is 15.5. The average molecular weight is 403 g/mol. The highest BCUT2D eigenvalue weighted by Gasteiger charge is 2.31. The number of hydrogen-bond acceptors (Lipinski definition) is 4. The van der Waals surface area contributed by atoms with Gasteiger partial charge in [-0.15, -0.1) is 0 Å². The van der Waals surface area contributed by atoms with Crippen LogP contribution in [0.15, 0.2) is 18.2 Å². The summed E-state index contributed by atoms with van der Waals surface area (Å²) in [7, 11) is -3.28. The van der Waals surface area contributed by atoms with Crippen molar-refractivity contribution >= 4 is 33.2 Å². The molecule has 26 heavy (non-hydrogen) atoms. The molecule has 1 aliphatic rings. The summed E-state index contributed by atoms with van der Waals surface area (Å²) in [6, 6.07) is 5.10. The molecule has 8 heteroatoms. The molecule has 1 fully saturated rings. The molecule has 1 amide bonds. The van der Waals surface area contributed by atoms with Crippen LogP contribution in [0.1, 0.15) is 40.0 Å². The van der Waals surface area contributed by atoms with Crippen LogP contribution in [0.3, 0.4) is 0 Å². The molecule has 1 N–H and O–H groups in total. The monoisotopic (exact) mass is 402 g/mol. The Balaban J connectivity index is 2.02. The summed E-state index contributed by atoms with van der Waals surface area (Å²) in [5.41, 5.74) is 0.574. The minimum Gasteiger partial charge on any atom is -0.489 e. The topological polar surface area (TPSA) is 75.7 Å². The van der Waals surface area contributed by atoms with Gasteiger partial charge >= 0.3 is 0 Å². The van der Waals surface area contributed by atoms with E-state index in [0.717, 1.165) is 0 Å². The van der Waals surface area contributed by atoms with Gasteiger partial charge in [-0.1, -0.05) is 18.5 Å². The fraction of sp³-hybridized carbons (Fsp3) is 0.611. The molecule has 1 aromatic carbocycles. The zero-order chi connectivity index (χ0) is 19.3. The number of sulfonamides is 1. The van der Waals surface area contributed by atoms with Gasteiger partial charge in [0.1, 0.15) is 5.75 Å². The Hall–Kier alpha value is -1.31. The lowest BCUT2D eigenvalue weighted by molar-refractivity contribution is -0.120. The fourth-order valence-electron chi connectivity index (χ4n) is 2.97. The molecule has 0 aromatic heterocycles. The Kier molecular flexibility index (Phi) is 7.32. The molecule has 1 heterocycles. The zero-order valence-corrected chi connectivity index (χ0v) is 17.1. The molecule has 6 nitrogen and oxygen atoms in total. The number of rotatable bonds is 7. The Bertz CT molecular complexity index is 737. The molecule has 1 aromatic rings. The molecule has 0 spiro atoms. The van der Waals surface area contributed by atoms with E-state index < -0.39 is 10.0 Å². The quantitative estimate of drug-likeness (QED) is 0.757. The van der Waals surface area contributed by atoms with Crippen molar-refractivity contribution in [3.63, 3.8) is 0 Å². The van der Waals surface area contributed by atoms with Gasteiger partial charge in [0.05, 0.1) is 22.8 Å². The third kappa shape index (κ3) is 5.59. The van der Waals surface area contributed by atoms with Gasteiger partial charge in [0.15, 0.2) is 0 Å². The van der Waals surface area contributed by atoms with Gasteiger partial charge in [-0.3, -0.25) is 4.79 Å². The van der Waals surface area contributed by atoms with E-state index in [0.29, 0.717) is 42.3 Å². The first-order valence-electron chi connectivity index (χ1n) is 8.97. The second kappa shape index (κ2) is 9.06. The maximum absolute atomic E-state index is 12.6. The fourth-order valence-corrected chi connectivity index (χ4v) is 4.78. The molecule has 2 rings (SSSR count). The summed E-state index contributed by atoms with van der Waals surface area (Å²) in [6.07, 6.45) is 1.93. The van der Waals surface area contributed by atoms with Crippen molar-refractivity contribution in [1.82, 2.24) is 4.31 Å². The lowest BCUT2D eigenvalue weighted by Gasteiger charge is -2.31. The first kappa shape index (κ1) is 21.0. The minimum absolute atomic E-state index is 0.00577. The summed E-state index contributed by atoms with van der Waals surface area (Å²) in [6.45, 7) is 6.37. The highest BCUT2D eigenvalue weighted by atomic mass is 35.5. The average Bonchev–Trinajstić information content (AvgIpc) is 2.57. The molecular formula is C18H27ClN2O4S.